The van der Waals surface area contributed by atoms with Crippen LogP contribution in [0.25, 0.3) is 0 Å². The van der Waals surface area contributed by atoms with Gasteiger partial charge in [-0.15, -0.1) is 0 Å². The van der Waals surface area contributed by atoms with Crippen molar-refractivity contribution in [3.8, 4) is 5.75 Å². The Labute approximate surface area is 158 Å². The Kier molecular flexibility index (Phi) is 6.38. The van der Waals surface area contributed by atoms with Crippen LogP contribution in [-0.2, 0) is 14.4 Å². The van der Waals surface area contributed by atoms with E-state index in [9.17, 15) is 9.90 Å². The minimum absolute atomic E-state index is 0.311. The Morgan fingerprint density at radius 2 is 2.27 bits per heavy atom. The highest BCUT2D eigenvalue weighted by molar-refractivity contribution is 6.31. The highest BCUT2D eigenvalue weighted by Crippen LogP contribution is 2.35. The third kappa shape index (κ3) is 4.89. The smallest absolute Gasteiger partial charge is 0.344 e. The number of hydrogen-bond acceptors (Lipinski definition) is 5. The maximum Gasteiger partial charge on any atom is 0.344 e. The number of carboxylic acid groups (broad SMARTS) is 1. The lowest BCUT2D eigenvalue weighted by Crippen LogP contribution is -2.30. The van der Waals surface area contributed by atoms with Gasteiger partial charge in [-0.2, -0.15) is 0 Å². The van der Waals surface area contributed by atoms with Crippen molar-refractivity contribution in [3.63, 3.8) is 0 Å². The number of halogens is 1. The number of benzene rings is 1. The first kappa shape index (κ1) is 19.0. The lowest BCUT2D eigenvalue weighted by atomic mass is 10.0. The fourth-order valence-corrected chi connectivity index (χ4v) is 3.02. The highest BCUT2D eigenvalue weighted by atomic mass is 35.5. The summed E-state index contributed by atoms with van der Waals surface area (Å²) in [4.78, 5) is 16.8. The maximum atomic E-state index is 11.6. The number of oxime groups is 1. The Bertz CT molecular complexity index is 674. The van der Waals surface area contributed by atoms with Gasteiger partial charge in [-0.3, -0.25) is 0 Å². The maximum absolute atomic E-state index is 11.6. The van der Waals surface area contributed by atoms with Gasteiger partial charge in [-0.05, 0) is 37.0 Å². The summed E-state index contributed by atoms with van der Waals surface area (Å²) in [7, 11) is 0. The first-order valence-corrected chi connectivity index (χ1v) is 9.47. The van der Waals surface area contributed by atoms with Crippen LogP contribution in [-0.4, -0.2) is 42.2 Å². The number of rotatable bonds is 10. The predicted molar refractivity (Wildman–Crippen MR) is 98.0 cm³/mol. The fourth-order valence-electron chi connectivity index (χ4n) is 2.85. The molecule has 3 rings (SSSR count). The molecule has 1 aliphatic carbocycles. The normalized spacial score (nSPS) is 20.4. The second-order valence-electron chi connectivity index (χ2n) is 6.75. The lowest BCUT2D eigenvalue weighted by Gasteiger charge is -2.19. The molecule has 1 fully saturated rings. The zero-order valence-corrected chi connectivity index (χ0v) is 15.6. The van der Waals surface area contributed by atoms with Crippen LogP contribution < -0.4 is 4.74 Å². The summed E-state index contributed by atoms with van der Waals surface area (Å²) >= 11 is 6.15. The van der Waals surface area contributed by atoms with Crippen LogP contribution in [0.5, 0.6) is 5.75 Å². The van der Waals surface area contributed by atoms with Gasteiger partial charge in [0.05, 0.1) is 0 Å². The average Bonchev–Trinajstić information content (AvgIpc) is 3.31. The zero-order valence-electron chi connectivity index (χ0n) is 14.8. The van der Waals surface area contributed by atoms with Crippen molar-refractivity contribution < 1.29 is 24.2 Å². The molecule has 2 unspecified atom stereocenters. The van der Waals surface area contributed by atoms with E-state index in [0.717, 1.165) is 25.7 Å². The minimum Gasteiger partial charge on any atom is -0.479 e. The van der Waals surface area contributed by atoms with E-state index in [1.165, 1.54) is 0 Å². The first-order valence-electron chi connectivity index (χ1n) is 9.09. The van der Waals surface area contributed by atoms with Gasteiger partial charge in [0, 0.05) is 17.2 Å². The number of ether oxygens (including phenoxy) is 2. The van der Waals surface area contributed by atoms with Crippen molar-refractivity contribution in [1.82, 2.24) is 0 Å². The summed E-state index contributed by atoms with van der Waals surface area (Å²) < 4.78 is 11.7. The van der Waals surface area contributed by atoms with E-state index in [0.29, 0.717) is 47.6 Å². The molecule has 0 amide bonds. The molecular weight excluding hydrogens is 358 g/mol. The Morgan fingerprint density at radius 3 is 2.96 bits per heavy atom. The summed E-state index contributed by atoms with van der Waals surface area (Å²) in [5, 5.41) is 14.1. The predicted octanol–water partition coefficient (Wildman–Crippen LogP) is 3.89. The third-order valence-electron chi connectivity index (χ3n) is 4.52. The number of carboxylic acids is 1. The molecule has 6 nitrogen and oxygen atoms in total. The highest BCUT2D eigenvalue weighted by Gasteiger charge is 2.33. The van der Waals surface area contributed by atoms with Crippen molar-refractivity contribution >= 4 is 23.3 Å². The molecule has 2 aliphatic rings. The number of hydrogen-bond donors (Lipinski definition) is 1. The third-order valence-corrected chi connectivity index (χ3v) is 4.75. The molecule has 1 saturated carbocycles. The first-order chi connectivity index (χ1) is 12.6. The van der Waals surface area contributed by atoms with Crippen LogP contribution in [0, 0.1) is 5.92 Å². The second kappa shape index (κ2) is 8.73. The lowest BCUT2D eigenvalue weighted by molar-refractivity contribution is -0.145. The molecular formula is C19H24ClNO5. The summed E-state index contributed by atoms with van der Waals surface area (Å²) in [6.45, 7) is 3.04. The topological polar surface area (TPSA) is 77.3 Å². The van der Waals surface area contributed by atoms with Crippen LogP contribution in [0.2, 0.25) is 5.02 Å². The van der Waals surface area contributed by atoms with Gasteiger partial charge >= 0.3 is 5.97 Å². The number of nitrogens with zero attached hydrogens (tertiary/aromatic N) is 1. The summed E-state index contributed by atoms with van der Waals surface area (Å²) in [6.07, 6.45) is 3.43. The van der Waals surface area contributed by atoms with E-state index in [1.54, 1.807) is 18.2 Å². The van der Waals surface area contributed by atoms with E-state index < -0.39 is 12.1 Å². The van der Waals surface area contributed by atoms with Crippen molar-refractivity contribution in [2.45, 2.75) is 51.2 Å². The van der Waals surface area contributed by atoms with Gasteiger partial charge in [0.2, 0.25) is 0 Å². The number of unbranched alkanes of at least 4 members (excludes halogenated alkanes) is 1. The monoisotopic (exact) mass is 381 g/mol. The Balaban J connectivity index is 1.79. The largest absolute Gasteiger partial charge is 0.479 e. The summed E-state index contributed by atoms with van der Waals surface area (Å²) in [5.41, 5.74) is 1.22. The van der Waals surface area contributed by atoms with E-state index in [1.807, 2.05) is 0 Å². The quantitative estimate of drug-likeness (QED) is 0.622. The molecule has 0 bridgehead atoms. The number of carbonyl (C=O) groups is 1. The van der Waals surface area contributed by atoms with Crippen molar-refractivity contribution in [2.24, 2.45) is 11.1 Å². The van der Waals surface area contributed by atoms with E-state index in [4.69, 9.17) is 25.9 Å². The molecule has 0 radical (unpaired) electrons. The van der Waals surface area contributed by atoms with E-state index in [-0.39, 0.29) is 6.10 Å². The molecule has 0 aromatic heterocycles. The Morgan fingerprint density at radius 1 is 1.46 bits per heavy atom. The van der Waals surface area contributed by atoms with Gasteiger partial charge < -0.3 is 19.4 Å². The average molecular weight is 382 g/mol. The molecule has 142 valence electrons. The zero-order chi connectivity index (χ0) is 18.5. The summed E-state index contributed by atoms with van der Waals surface area (Å²) in [5.74, 6) is -0.0851. The van der Waals surface area contributed by atoms with E-state index >= 15 is 0 Å². The molecule has 1 N–H and O–H groups in total. The van der Waals surface area contributed by atoms with Gasteiger partial charge in [0.1, 0.15) is 24.2 Å². The number of aliphatic carboxylic acids is 1. The minimum atomic E-state index is -0.960. The van der Waals surface area contributed by atoms with E-state index in [2.05, 4.69) is 12.1 Å². The molecule has 26 heavy (non-hydrogen) atoms. The van der Waals surface area contributed by atoms with Crippen LogP contribution >= 0.6 is 11.6 Å². The standard InChI is InChI=1S/C19H24ClNO5/c1-2-3-8-24-17-11-25-21-18(17)14-10-13(20)6-7-15(14)26-16(19(22)23)9-12-4-5-12/h6-7,10,12,16-17H,2-5,8-9,11H2,1H3,(H,22,23). The summed E-state index contributed by atoms with van der Waals surface area (Å²) in [6, 6.07) is 5.08. The molecule has 7 heteroatoms. The molecule has 0 spiro atoms. The van der Waals surface area contributed by atoms with Crippen LogP contribution in [0.1, 0.15) is 44.6 Å². The van der Waals surface area contributed by atoms with Gasteiger partial charge in [-0.25, -0.2) is 4.79 Å². The van der Waals surface area contributed by atoms with Crippen LogP contribution in [0.4, 0.5) is 0 Å². The van der Waals surface area contributed by atoms with Gasteiger partial charge in [0.15, 0.2) is 6.10 Å². The van der Waals surface area contributed by atoms with Gasteiger partial charge in [0.25, 0.3) is 0 Å². The van der Waals surface area contributed by atoms with Crippen LogP contribution in [0.3, 0.4) is 0 Å². The van der Waals surface area contributed by atoms with Gasteiger partial charge in [-0.1, -0.05) is 42.9 Å². The molecule has 1 heterocycles. The molecule has 0 saturated heterocycles. The molecule has 1 aromatic rings. The Hall–Kier alpha value is -1.79. The van der Waals surface area contributed by atoms with Crippen LogP contribution in [0.15, 0.2) is 23.4 Å². The molecule has 2 atom stereocenters. The fraction of sp³-hybridized carbons (Fsp3) is 0.579. The second-order valence-corrected chi connectivity index (χ2v) is 7.19. The van der Waals surface area contributed by atoms with Crippen molar-refractivity contribution in [1.29, 1.82) is 0 Å². The molecule has 1 aliphatic heterocycles. The van der Waals surface area contributed by atoms with Crippen molar-refractivity contribution in [2.75, 3.05) is 13.2 Å². The molecule has 1 aromatic carbocycles. The van der Waals surface area contributed by atoms with Crippen molar-refractivity contribution in [3.05, 3.63) is 28.8 Å². The SMILES string of the molecule is CCCCOC1CON=C1c1cc(Cl)ccc1OC(CC1CC1)C(=O)O.